The number of carbonyl (C=O) groups excluding carboxylic acids is 4. The summed E-state index contributed by atoms with van der Waals surface area (Å²) in [5.41, 5.74) is -3.95. The van der Waals surface area contributed by atoms with Gasteiger partial charge in [-0.25, -0.2) is 4.79 Å². The molecule has 2 aromatic carbocycles. The quantitative estimate of drug-likeness (QED) is 0.211. The Bertz CT molecular complexity index is 1520. The van der Waals surface area contributed by atoms with Crippen LogP contribution in [0.4, 0.5) is 4.79 Å². The van der Waals surface area contributed by atoms with Gasteiger partial charge in [-0.3, -0.25) is 14.4 Å². The normalized spacial score (nSPS) is 27.9. The molecule has 43 heavy (non-hydrogen) atoms. The standard InChI is InChI=1S/C29H31NO13/c1-11-23(33)14(30-28(38)41-3)7-18(42-11)43-16-9-29(39,17(32)10-31)8-13-20(16)27(37)22-21(25(13)35)24(34)12-5-4-6-15(40-2)19(12)26(22)36/h4-6,11,14,16,18,23,31,33,35,37,39H,7-10H2,1-3H3,(H,30,38)/t11?,14?,16-,18?,23?,29-/m1/s1. The molecule has 0 radical (unpaired) electrons. The molecule has 0 saturated carbocycles. The van der Waals surface area contributed by atoms with Crippen LogP contribution >= 0.6 is 0 Å². The summed E-state index contributed by atoms with van der Waals surface area (Å²) in [5, 5.41) is 56.9. The highest BCUT2D eigenvalue weighted by Gasteiger charge is 2.50. The summed E-state index contributed by atoms with van der Waals surface area (Å²) in [6.07, 6.45) is -6.81. The first-order valence-corrected chi connectivity index (χ1v) is 13.4. The Morgan fingerprint density at radius 1 is 1.09 bits per heavy atom. The van der Waals surface area contributed by atoms with Crippen molar-refractivity contribution in [1.29, 1.82) is 0 Å². The van der Waals surface area contributed by atoms with E-state index in [0.717, 1.165) is 7.11 Å². The number of hydrogen-bond donors (Lipinski definition) is 6. The van der Waals surface area contributed by atoms with E-state index >= 15 is 0 Å². The first-order valence-electron chi connectivity index (χ1n) is 13.4. The minimum Gasteiger partial charge on any atom is -0.507 e. The number of nitrogens with one attached hydrogen (secondary N) is 1. The molecule has 1 heterocycles. The van der Waals surface area contributed by atoms with Gasteiger partial charge in [-0.1, -0.05) is 12.1 Å². The zero-order valence-corrected chi connectivity index (χ0v) is 23.4. The zero-order chi connectivity index (χ0) is 31.4. The van der Waals surface area contributed by atoms with Crippen molar-refractivity contribution in [3.8, 4) is 17.2 Å². The number of carbonyl (C=O) groups is 4. The van der Waals surface area contributed by atoms with Crippen LogP contribution in [0, 0.1) is 0 Å². The van der Waals surface area contributed by atoms with Gasteiger partial charge in [0.05, 0.1) is 49.2 Å². The van der Waals surface area contributed by atoms with Gasteiger partial charge in [0.2, 0.25) is 5.78 Å². The molecule has 1 saturated heterocycles. The fourth-order valence-corrected chi connectivity index (χ4v) is 6.07. The Morgan fingerprint density at radius 2 is 1.79 bits per heavy atom. The van der Waals surface area contributed by atoms with Crippen molar-refractivity contribution in [3.63, 3.8) is 0 Å². The summed E-state index contributed by atoms with van der Waals surface area (Å²) in [4.78, 5) is 51.9. The lowest BCUT2D eigenvalue weighted by molar-refractivity contribution is -0.249. The molecule has 1 aliphatic heterocycles. The number of alkyl carbamates (subject to hydrolysis) is 1. The maximum absolute atomic E-state index is 13.7. The lowest BCUT2D eigenvalue weighted by atomic mass is 9.72. The van der Waals surface area contributed by atoms with Gasteiger partial charge < -0.3 is 49.8 Å². The van der Waals surface area contributed by atoms with E-state index < -0.39 is 102 Å². The van der Waals surface area contributed by atoms with E-state index in [-0.39, 0.29) is 34.4 Å². The van der Waals surface area contributed by atoms with Crippen LogP contribution in [0.15, 0.2) is 18.2 Å². The first kappa shape index (κ1) is 30.4. The molecule has 2 aliphatic carbocycles. The number of aliphatic hydroxyl groups excluding tert-OH is 2. The highest BCUT2D eigenvalue weighted by atomic mass is 16.7. The number of aliphatic hydroxyl groups is 3. The lowest BCUT2D eigenvalue weighted by Crippen LogP contribution is -2.55. The number of ether oxygens (including phenoxy) is 4. The van der Waals surface area contributed by atoms with E-state index in [1.54, 1.807) is 0 Å². The van der Waals surface area contributed by atoms with Gasteiger partial charge in [-0.05, 0) is 13.0 Å². The van der Waals surface area contributed by atoms with Gasteiger partial charge in [0, 0.05) is 36.0 Å². The van der Waals surface area contributed by atoms with Crippen molar-refractivity contribution in [2.45, 2.75) is 62.4 Å². The van der Waals surface area contributed by atoms with E-state index in [1.165, 1.54) is 32.2 Å². The van der Waals surface area contributed by atoms with Gasteiger partial charge in [0.25, 0.3) is 0 Å². The molecule has 0 aromatic heterocycles. The van der Waals surface area contributed by atoms with Crippen LogP contribution in [0.3, 0.4) is 0 Å². The molecule has 230 valence electrons. The van der Waals surface area contributed by atoms with Crippen LogP contribution in [0.1, 0.15) is 68.8 Å². The number of phenolic OH excluding ortho intramolecular Hbond substituents is 2. The SMILES string of the molecule is COC(=O)NC1CC(O[C@@H]2C[C@@](O)(C(=O)CO)Cc3c(O)c4c(c(O)c32)C(=O)c2c(OC)cccc2C4=O)OC(C)C1O. The maximum Gasteiger partial charge on any atom is 0.407 e. The van der Waals surface area contributed by atoms with E-state index in [4.69, 9.17) is 14.2 Å². The summed E-state index contributed by atoms with van der Waals surface area (Å²) < 4.78 is 21.7. The van der Waals surface area contributed by atoms with Crippen LogP contribution in [0.25, 0.3) is 0 Å². The molecular weight excluding hydrogens is 570 g/mol. The molecule has 14 heteroatoms. The zero-order valence-electron chi connectivity index (χ0n) is 23.4. The van der Waals surface area contributed by atoms with E-state index in [9.17, 15) is 44.7 Å². The summed E-state index contributed by atoms with van der Waals surface area (Å²) in [6, 6.07) is 3.40. The van der Waals surface area contributed by atoms with Crippen LogP contribution < -0.4 is 10.1 Å². The second kappa shape index (κ2) is 11.2. The number of methoxy groups -OCH3 is 2. The van der Waals surface area contributed by atoms with Crippen molar-refractivity contribution in [2.24, 2.45) is 0 Å². The highest BCUT2D eigenvalue weighted by molar-refractivity contribution is 6.31. The third-order valence-electron chi connectivity index (χ3n) is 8.25. The second-order valence-electron chi connectivity index (χ2n) is 10.7. The molecule has 0 spiro atoms. The third kappa shape index (κ3) is 4.90. The van der Waals surface area contributed by atoms with Crippen molar-refractivity contribution >= 4 is 23.4 Å². The summed E-state index contributed by atoms with van der Waals surface area (Å²) in [7, 11) is 2.45. The molecule has 4 unspecified atom stereocenters. The third-order valence-corrected chi connectivity index (χ3v) is 8.25. The monoisotopic (exact) mass is 601 g/mol. The molecule has 0 bridgehead atoms. The molecule has 5 rings (SSSR count). The summed E-state index contributed by atoms with van der Waals surface area (Å²) >= 11 is 0. The number of amides is 1. The van der Waals surface area contributed by atoms with Crippen molar-refractivity contribution in [1.82, 2.24) is 5.32 Å². The Hall–Kier alpha value is -4.08. The van der Waals surface area contributed by atoms with E-state index in [1.807, 2.05) is 0 Å². The Labute approximate surface area is 244 Å². The Kier molecular flexibility index (Phi) is 7.92. The Balaban J connectivity index is 1.63. The molecule has 6 N–H and O–H groups in total. The number of ketones is 3. The number of rotatable bonds is 6. The lowest BCUT2D eigenvalue weighted by Gasteiger charge is -2.42. The number of aromatic hydroxyl groups is 2. The molecule has 2 aromatic rings. The van der Waals surface area contributed by atoms with Gasteiger partial charge in [0.15, 0.2) is 17.9 Å². The van der Waals surface area contributed by atoms with E-state index in [2.05, 4.69) is 10.1 Å². The smallest absolute Gasteiger partial charge is 0.407 e. The number of Topliss-reactive ketones (excluding diaryl/α,β-unsaturated/α-hetero) is 1. The summed E-state index contributed by atoms with van der Waals surface area (Å²) in [5.74, 6) is -4.01. The van der Waals surface area contributed by atoms with Crippen LogP contribution in [-0.4, -0.2) is 99.9 Å². The van der Waals surface area contributed by atoms with Gasteiger partial charge in [-0.15, -0.1) is 0 Å². The van der Waals surface area contributed by atoms with Gasteiger partial charge >= 0.3 is 6.09 Å². The van der Waals surface area contributed by atoms with Gasteiger partial charge in [-0.2, -0.15) is 0 Å². The first-order chi connectivity index (χ1) is 20.4. The van der Waals surface area contributed by atoms with Gasteiger partial charge in [0.1, 0.15) is 35.6 Å². The highest BCUT2D eigenvalue weighted by Crippen LogP contribution is 2.52. The average molecular weight is 602 g/mol. The minimum absolute atomic E-state index is 0.0705. The molecular formula is C29H31NO13. The van der Waals surface area contributed by atoms with Crippen molar-refractivity contribution in [2.75, 3.05) is 20.8 Å². The number of phenols is 2. The van der Waals surface area contributed by atoms with Crippen molar-refractivity contribution < 1.29 is 63.7 Å². The molecule has 1 amide bonds. The molecule has 1 fully saturated rings. The predicted octanol–water partition coefficient (Wildman–Crippen LogP) is 0.399. The maximum atomic E-state index is 13.7. The fraction of sp³-hybridized carbons (Fsp3) is 0.448. The minimum atomic E-state index is -2.31. The average Bonchev–Trinajstić information content (AvgIpc) is 2.98. The number of benzene rings is 2. The van der Waals surface area contributed by atoms with E-state index in [0.29, 0.717) is 0 Å². The Morgan fingerprint density at radius 3 is 2.44 bits per heavy atom. The molecule has 14 nitrogen and oxygen atoms in total. The molecule has 3 aliphatic rings. The number of fused-ring (bicyclic) bond motifs is 3. The predicted molar refractivity (Wildman–Crippen MR) is 143 cm³/mol. The second-order valence-corrected chi connectivity index (χ2v) is 10.7. The van der Waals surface area contributed by atoms with Crippen LogP contribution in [0.5, 0.6) is 17.2 Å². The fourth-order valence-electron chi connectivity index (χ4n) is 6.07. The van der Waals surface area contributed by atoms with Crippen LogP contribution in [0.2, 0.25) is 0 Å². The topological polar surface area (TPSA) is 218 Å². The van der Waals surface area contributed by atoms with Crippen molar-refractivity contribution in [3.05, 3.63) is 51.6 Å². The number of hydrogen-bond acceptors (Lipinski definition) is 13. The van der Waals surface area contributed by atoms with Crippen LogP contribution in [-0.2, 0) is 25.4 Å². The molecule has 6 atom stereocenters. The summed E-state index contributed by atoms with van der Waals surface area (Å²) in [6.45, 7) is 0.455. The largest absolute Gasteiger partial charge is 0.507 e.